The predicted octanol–water partition coefficient (Wildman–Crippen LogP) is 0.930. The largest absolute Gasteiger partial charge is 0.344 e. The van der Waals surface area contributed by atoms with Crippen LogP contribution in [0.1, 0.15) is 6.92 Å². The second-order valence-electron chi connectivity index (χ2n) is 1.04. The minimum absolute atomic E-state index is 0.387. The fourth-order valence-corrected chi connectivity index (χ4v) is 0.242. The molecule has 1 N–H and O–H groups in total. The monoisotopic (exact) mass is 112 g/mol. The second kappa shape index (κ2) is 4.05. The lowest BCUT2D eigenvalue weighted by molar-refractivity contribution is 0.252. The Morgan fingerprint density at radius 3 is 2.88 bits per heavy atom. The van der Waals surface area contributed by atoms with Gasteiger partial charge in [0.1, 0.15) is 0 Å². The number of carbonyl (C=O) groups excluding carboxylic acids is 1. The third kappa shape index (κ3) is 3.08. The zero-order valence-corrected chi connectivity index (χ0v) is 4.72. The van der Waals surface area contributed by atoms with Crippen LogP contribution >= 0.6 is 0 Å². The molecular formula is C5H8N2O. The van der Waals surface area contributed by atoms with Gasteiger partial charge >= 0.3 is 6.03 Å². The molecule has 0 aromatic rings. The number of aliphatic imine (C=N–C) groups is 1. The second-order valence-corrected chi connectivity index (χ2v) is 1.04. The maximum atomic E-state index is 10.3. The molecule has 0 aliphatic rings. The molecule has 0 saturated carbocycles. The first kappa shape index (κ1) is 6.88. The summed E-state index contributed by atoms with van der Waals surface area (Å²) in [7, 11) is 0. The normalized spacial score (nSPS) is 9.12. The Labute approximate surface area is 48.1 Å². The Bertz CT molecular complexity index is 118. The Kier molecular flexibility index (Phi) is 3.48. The van der Waals surface area contributed by atoms with Gasteiger partial charge in [-0.1, -0.05) is 6.58 Å². The zero-order chi connectivity index (χ0) is 6.41. The van der Waals surface area contributed by atoms with Gasteiger partial charge in [-0.05, 0) is 13.1 Å². The van der Waals surface area contributed by atoms with Crippen molar-refractivity contribution in [1.82, 2.24) is 5.32 Å². The molecule has 44 valence electrons. The van der Waals surface area contributed by atoms with Crippen LogP contribution in [0.2, 0.25) is 0 Å². The van der Waals surface area contributed by atoms with E-state index in [0.29, 0.717) is 0 Å². The van der Waals surface area contributed by atoms with Gasteiger partial charge in [-0.15, -0.1) is 0 Å². The molecule has 0 aliphatic carbocycles. The topological polar surface area (TPSA) is 41.5 Å². The van der Waals surface area contributed by atoms with Crippen LogP contribution in [0.4, 0.5) is 4.79 Å². The molecule has 0 aromatic heterocycles. The molecule has 0 radical (unpaired) electrons. The molecule has 0 rings (SSSR count). The Morgan fingerprint density at radius 1 is 1.88 bits per heavy atom. The molecule has 3 heteroatoms. The highest BCUT2D eigenvalue weighted by Gasteiger charge is 1.84. The number of urea groups is 1. The van der Waals surface area contributed by atoms with Crippen LogP contribution in [0.5, 0.6) is 0 Å². The Morgan fingerprint density at radius 2 is 2.50 bits per heavy atom. The molecule has 0 bridgehead atoms. The van der Waals surface area contributed by atoms with E-state index in [1.165, 1.54) is 12.4 Å². The smallest absolute Gasteiger partial charge is 0.313 e. The van der Waals surface area contributed by atoms with Crippen LogP contribution in [0.3, 0.4) is 0 Å². The molecule has 0 saturated heterocycles. The Hall–Kier alpha value is -1.12. The molecule has 0 aromatic carbocycles. The van der Waals surface area contributed by atoms with Crippen LogP contribution in [-0.4, -0.2) is 12.2 Å². The van der Waals surface area contributed by atoms with Gasteiger partial charge in [-0.2, -0.15) is 0 Å². The van der Waals surface area contributed by atoms with E-state index in [1.807, 2.05) is 0 Å². The van der Waals surface area contributed by atoms with Crippen molar-refractivity contribution in [3.63, 3.8) is 0 Å². The number of hydrogen-bond donors (Lipinski definition) is 1. The number of rotatable bonds is 1. The zero-order valence-electron chi connectivity index (χ0n) is 4.72. The van der Waals surface area contributed by atoms with E-state index in [-0.39, 0.29) is 6.03 Å². The quantitative estimate of drug-likeness (QED) is 0.504. The lowest BCUT2D eigenvalue weighted by Crippen LogP contribution is -2.10. The summed E-state index contributed by atoms with van der Waals surface area (Å²) in [6.45, 7) is 4.95. The number of carbonyl (C=O) groups is 1. The van der Waals surface area contributed by atoms with Crippen LogP contribution in [0.15, 0.2) is 17.8 Å². The molecule has 3 nitrogen and oxygen atoms in total. The van der Waals surface area contributed by atoms with Crippen molar-refractivity contribution in [3.05, 3.63) is 12.8 Å². The van der Waals surface area contributed by atoms with Crippen molar-refractivity contribution in [1.29, 1.82) is 0 Å². The summed E-state index contributed by atoms with van der Waals surface area (Å²) in [5.74, 6) is 0. The molecule has 0 fully saturated rings. The summed E-state index contributed by atoms with van der Waals surface area (Å²) in [6, 6.07) is -0.387. The third-order valence-electron chi connectivity index (χ3n) is 0.472. The molecular weight excluding hydrogens is 104 g/mol. The number of amides is 2. The third-order valence-corrected chi connectivity index (χ3v) is 0.472. The fourth-order valence-electron chi connectivity index (χ4n) is 0.242. The summed E-state index contributed by atoms with van der Waals surface area (Å²) in [5, 5.41) is 2.27. The molecule has 0 heterocycles. The van der Waals surface area contributed by atoms with Gasteiger partial charge < -0.3 is 5.32 Å². The molecule has 0 spiro atoms. The summed E-state index contributed by atoms with van der Waals surface area (Å²) in [4.78, 5) is 13.6. The Balaban J connectivity index is 3.48. The first-order valence-corrected chi connectivity index (χ1v) is 2.21. The minimum atomic E-state index is -0.387. The van der Waals surface area contributed by atoms with Gasteiger partial charge in [0.15, 0.2) is 0 Å². The highest BCUT2D eigenvalue weighted by Crippen LogP contribution is 1.68. The van der Waals surface area contributed by atoms with Crippen molar-refractivity contribution in [2.24, 2.45) is 4.99 Å². The van der Waals surface area contributed by atoms with Gasteiger partial charge in [0.05, 0.1) is 0 Å². The first-order valence-electron chi connectivity index (χ1n) is 2.21. The van der Waals surface area contributed by atoms with Gasteiger partial charge in [0, 0.05) is 6.21 Å². The summed E-state index contributed by atoms with van der Waals surface area (Å²) in [6.07, 6.45) is 2.70. The maximum Gasteiger partial charge on any atom is 0.344 e. The van der Waals surface area contributed by atoms with Crippen LogP contribution in [0.25, 0.3) is 0 Å². The average Bonchev–Trinajstić information content (AvgIpc) is 1.68. The van der Waals surface area contributed by atoms with E-state index in [4.69, 9.17) is 0 Å². The molecule has 0 unspecified atom stereocenters. The van der Waals surface area contributed by atoms with Crippen molar-refractivity contribution in [2.75, 3.05) is 0 Å². The van der Waals surface area contributed by atoms with E-state index in [9.17, 15) is 4.79 Å². The highest BCUT2D eigenvalue weighted by atomic mass is 16.2. The number of nitrogens with one attached hydrogen (secondary N) is 1. The molecule has 2 amide bonds. The van der Waals surface area contributed by atoms with Crippen molar-refractivity contribution < 1.29 is 4.79 Å². The van der Waals surface area contributed by atoms with E-state index in [1.54, 1.807) is 6.92 Å². The van der Waals surface area contributed by atoms with Crippen LogP contribution in [-0.2, 0) is 0 Å². The summed E-state index contributed by atoms with van der Waals surface area (Å²) >= 11 is 0. The predicted molar refractivity (Wildman–Crippen MR) is 32.9 cm³/mol. The number of hydrogen-bond acceptors (Lipinski definition) is 1. The highest BCUT2D eigenvalue weighted by molar-refractivity contribution is 5.83. The standard InChI is InChI=1S/C5H8N2O/c1-3-6-5(8)7-4-2/h3-4H,1H2,2H3,(H,6,8)/b7-4+. The molecule has 0 aliphatic heterocycles. The van der Waals surface area contributed by atoms with E-state index < -0.39 is 0 Å². The van der Waals surface area contributed by atoms with E-state index in [0.717, 1.165) is 0 Å². The van der Waals surface area contributed by atoms with Crippen molar-refractivity contribution in [3.8, 4) is 0 Å². The molecule has 8 heavy (non-hydrogen) atoms. The van der Waals surface area contributed by atoms with E-state index in [2.05, 4.69) is 16.9 Å². The van der Waals surface area contributed by atoms with Crippen LogP contribution in [0, 0.1) is 0 Å². The van der Waals surface area contributed by atoms with Gasteiger partial charge in [-0.25, -0.2) is 9.79 Å². The first-order chi connectivity index (χ1) is 3.81. The fraction of sp³-hybridized carbons (Fsp3) is 0.200. The van der Waals surface area contributed by atoms with Crippen molar-refractivity contribution >= 4 is 12.2 Å². The minimum Gasteiger partial charge on any atom is -0.313 e. The van der Waals surface area contributed by atoms with Gasteiger partial charge in [-0.3, -0.25) is 0 Å². The van der Waals surface area contributed by atoms with Gasteiger partial charge in [0.2, 0.25) is 0 Å². The van der Waals surface area contributed by atoms with Crippen LogP contribution < -0.4 is 5.32 Å². The average molecular weight is 112 g/mol. The summed E-state index contributed by atoms with van der Waals surface area (Å²) < 4.78 is 0. The number of nitrogens with zero attached hydrogens (tertiary/aromatic N) is 1. The summed E-state index contributed by atoms with van der Waals surface area (Å²) in [5.41, 5.74) is 0. The van der Waals surface area contributed by atoms with Gasteiger partial charge in [0.25, 0.3) is 0 Å². The lowest BCUT2D eigenvalue weighted by atomic mass is 10.8. The SMILES string of the molecule is C=CNC(=O)/N=C/C. The maximum absolute atomic E-state index is 10.3. The lowest BCUT2D eigenvalue weighted by Gasteiger charge is -1.86. The molecule has 0 atom stereocenters. The van der Waals surface area contributed by atoms with E-state index >= 15 is 0 Å². The van der Waals surface area contributed by atoms with Crippen molar-refractivity contribution in [2.45, 2.75) is 6.92 Å².